The summed E-state index contributed by atoms with van der Waals surface area (Å²) < 4.78 is 6.11. The van der Waals surface area contributed by atoms with Gasteiger partial charge in [0.25, 0.3) is 0 Å². The number of aliphatic hydroxyl groups is 1. The van der Waals surface area contributed by atoms with Crippen LogP contribution < -0.4 is 0 Å². The normalized spacial score (nSPS) is 11.7. The van der Waals surface area contributed by atoms with Crippen LogP contribution in [-0.4, -0.2) is 23.4 Å². The smallest absolute Gasteiger partial charge is 0.192 e. The van der Waals surface area contributed by atoms with Crippen LogP contribution in [0.25, 0.3) is 0 Å². The molecular formula is C20H32N2O2Si. The molecular weight excluding hydrogens is 328 g/mol. The Labute approximate surface area is 153 Å². The van der Waals surface area contributed by atoms with Crippen molar-refractivity contribution in [1.29, 1.82) is 0 Å². The minimum Gasteiger partial charge on any atom is -0.411 e. The molecule has 138 valence electrons. The fraction of sp³-hybridized carbons (Fsp3) is 0.500. The van der Waals surface area contributed by atoms with Crippen LogP contribution in [0.3, 0.4) is 0 Å². The third kappa shape index (κ3) is 7.46. The average molecular weight is 361 g/mol. The Kier molecular flexibility index (Phi) is 7.92. The van der Waals surface area contributed by atoms with Gasteiger partial charge in [-0.05, 0) is 56.2 Å². The van der Waals surface area contributed by atoms with Crippen molar-refractivity contribution in [2.75, 3.05) is 0 Å². The number of aryl methyl sites for hydroxylation is 2. The number of hydrogen-bond acceptors (Lipinski definition) is 4. The van der Waals surface area contributed by atoms with E-state index in [1.165, 1.54) is 0 Å². The molecule has 0 bridgehead atoms. The van der Waals surface area contributed by atoms with Crippen molar-refractivity contribution >= 4 is 8.32 Å². The van der Waals surface area contributed by atoms with Gasteiger partial charge in [-0.25, -0.2) is 0 Å². The summed E-state index contributed by atoms with van der Waals surface area (Å²) in [5.74, 6) is 0. The zero-order chi connectivity index (χ0) is 19.1. The van der Waals surface area contributed by atoms with Crippen LogP contribution in [0, 0.1) is 13.8 Å². The molecule has 0 radical (unpaired) electrons. The number of aromatic nitrogens is 2. The first-order chi connectivity index (χ1) is 11.5. The summed E-state index contributed by atoms with van der Waals surface area (Å²) in [6.07, 6.45) is 0. The Hall–Kier alpha value is -1.56. The first-order valence-electron chi connectivity index (χ1n) is 8.65. The van der Waals surface area contributed by atoms with Crippen molar-refractivity contribution in [1.82, 2.24) is 9.97 Å². The highest BCUT2D eigenvalue weighted by molar-refractivity contribution is 6.74. The molecule has 0 aromatic carbocycles. The Morgan fingerprint density at radius 3 is 1.80 bits per heavy atom. The van der Waals surface area contributed by atoms with Gasteiger partial charge < -0.3 is 9.53 Å². The maximum atomic E-state index is 8.60. The van der Waals surface area contributed by atoms with Crippen LogP contribution >= 0.6 is 0 Å². The lowest BCUT2D eigenvalue weighted by Gasteiger charge is -2.36. The maximum Gasteiger partial charge on any atom is 0.192 e. The van der Waals surface area contributed by atoms with Gasteiger partial charge in [0.15, 0.2) is 8.32 Å². The van der Waals surface area contributed by atoms with Gasteiger partial charge in [-0.1, -0.05) is 32.9 Å². The molecule has 2 aromatic heterocycles. The van der Waals surface area contributed by atoms with Gasteiger partial charge in [-0.2, -0.15) is 0 Å². The average Bonchev–Trinajstić information content (AvgIpc) is 2.53. The molecule has 0 spiro atoms. The van der Waals surface area contributed by atoms with E-state index in [0.717, 1.165) is 22.8 Å². The van der Waals surface area contributed by atoms with Gasteiger partial charge in [-0.3, -0.25) is 9.97 Å². The molecule has 1 N–H and O–H groups in total. The molecule has 4 nitrogen and oxygen atoms in total. The molecule has 2 heterocycles. The number of nitrogens with zero attached hydrogens (tertiary/aromatic N) is 2. The zero-order valence-electron chi connectivity index (χ0n) is 16.6. The van der Waals surface area contributed by atoms with E-state index in [1.807, 2.05) is 44.2 Å². The quantitative estimate of drug-likeness (QED) is 0.796. The fourth-order valence-corrected chi connectivity index (χ4v) is 2.78. The van der Waals surface area contributed by atoms with Gasteiger partial charge >= 0.3 is 0 Å². The minimum absolute atomic E-state index is 0.0294. The standard InChI is InChI=1S/C13H23NOSi.C7H9NO/c1-11-8-7-9-12(14-11)10-15-16(5,6)13(2,3)4;1-6-3-2-4-7(5-9)8-6/h7-9H,10H2,1-6H3;2-4,9H,5H2,1H3. The molecule has 0 aliphatic heterocycles. The lowest BCUT2D eigenvalue weighted by Crippen LogP contribution is -2.40. The van der Waals surface area contributed by atoms with Gasteiger partial charge in [0, 0.05) is 11.4 Å². The Morgan fingerprint density at radius 1 is 0.920 bits per heavy atom. The van der Waals surface area contributed by atoms with E-state index in [2.05, 4.69) is 43.8 Å². The minimum atomic E-state index is -1.65. The summed E-state index contributed by atoms with van der Waals surface area (Å²) in [5.41, 5.74) is 3.76. The second-order valence-electron chi connectivity index (χ2n) is 7.75. The molecule has 25 heavy (non-hydrogen) atoms. The molecule has 2 rings (SSSR count). The second-order valence-corrected chi connectivity index (χ2v) is 12.6. The first kappa shape index (κ1) is 21.5. The summed E-state index contributed by atoms with van der Waals surface area (Å²) in [5, 5.41) is 8.86. The largest absolute Gasteiger partial charge is 0.411 e. The van der Waals surface area contributed by atoms with E-state index in [-0.39, 0.29) is 11.6 Å². The van der Waals surface area contributed by atoms with E-state index < -0.39 is 8.32 Å². The van der Waals surface area contributed by atoms with Crippen molar-refractivity contribution in [3.63, 3.8) is 0 Å². The fourth-order valence-electron chi connectivity index (χ4n) is 1.84. The number of aliphatic hydroxyl groups excluding tert-OH is 1. The first-order valence-corrected chi connectivity index (χ1v) is 11.6. The lowest BCUT2D eigenvalue weighted by molar-refractivity contribution is 0.272. The summed E-state index contributed by atoms with van der Waals surface area (Å²) >= 11 is 0. The predicted octanol–water partition coefficient (Wildman–Crippen LogP) is 4.79. The SMILES string of the molecule is Cc1cccc(CO)n1.Cc1cccc(CO[Si](C)(C)C(C)(C)C)n1. The predicted molar refractivity (Wildman–Crippen MR) is 106 cm³/mol. The maximum absolute atomic E-state index is 8.60. The summed E-state index contributed by atoms with van der Waals surface area (Å²) in [6.45, 7) is 15.9. The van der Waals surface area contributed by atoms with Crippen LogP contribution in [0.2, 0.25) is 18.1 Å². The Bertz CT molecular complexity index is 667. The molecule has 2 aromatic rings. The molecule has 0 fully saturated rings. The van der Waals surface area contributed by atoms with E-state index >= 15 is 0 Å². The number of rotatable bonds is 4. The highest BCUT2D eigenvalue weighted by atomic mass is 28.4. The molecule has 0 unspecified atom stereocenters. The molecule has 0 aliphatic carbocycles. The molecule has 0 saturated carbocycles. The van der Waals surface area contributed by atoms with Crippen LogP contribution in [0.15, 0.2) is 36.4 Å². The van der Waals surface area contributed by atoms with Gasteiger partial charge in [0.2, 0.25) is 0 Å². The van der Waals surface area contributed by atoms with E-state index in [1.54, 1.807) is 6.07 Å². The van der Waals surface area contributed by atoms with Crippen LogP contribution in [0.5, 0.6) is 0 Å². The Morgan fingerprint density at radius 2 is 1.40 bits per heavy atom. The van der Waals surface area contributed by atoms with Crippen LogP contribution in [-0.2, 0) is 17.6 Å². The van der Waals surface area contributed by atoms with Crippen molar-refractivity contribution < 1.29 is 9.53 Å². The van der Waals surface area contributed by atoms with E-state index in [4.69, 9.17) is 9.53 Å². The molecule has 0 amide bonds. The third-order valence-electron chi connectivity index (χ3n) is 4.44. The number of pyridine rings is 2. The van der Waals surface area contributed by atoms with Gasteiger partial charge in [-0.15, -0.1) is 0 Å². The summed E-state index contributed by atoms with van der Waals surface area (Å²) in [4.78, 5) is 8.50. The molecule has 5 heteroatoms. The van der Waals surface area contributed by atoms with Crippen LogP contribution in [0.4, 0.5) is 0 Å². The monoisotopic (exact) mass is 360 g/mol. The highest BCUT2D eigenvalue weighted by Crippen LogP contribution is 2.36. The summed E-state index contributed by atoms with van der Waals surface area (Å²) in [7, 11) is -1.65. The van der Waals surface area contributed by atoms with Gasteiger partial charge in [0.05, 0.1) is 24.6 Å². The number of hydrogen-bond donors (Lipinski definition) is 1. The molecule has 0 atom stereocenters. The zero-order valence-corrected chi connectivity index (χ0v) is 17.6. The van der Waals surface area contributed by atoms with Crippen molar-refractivity contribution in [2.24, 2.45) is 0 Å². The van der Waals surface area contributed by atoms with Crippen LogP contribution in [0.1, 0.15) is 43.5 Å². The van der Waals surface area contributed by atoms with Crippen molar-refractivity contribution in [3.05, 3.63) is 59.2 Å². The summed E-state index contributed by atoms with van der Waals surface area (Å²) in [6, 6.07) is 11.7. The van der Waals surface area contributed by atoms with E-state index in [9.17, 15) is 0 Å². The van der Waals surface area contributed by atoms with Gasteiger partial charge in [0.1, 0.15) is 0 Å². The Balaban J connectivity index is 0.000000293. The molecule has 0 saturated heterocycles. The van der Waals surface area contributed by atoms with Crippen molar-refractivity contribution in [3.8, 4) is 0 Å². The molecule has 0 aliphatic rings. The lowest BCUT2D eigenvalue weighted by atomic mass is 10.2. The second kappa shape index (κ2) is 9.22. The third-order valence-corrected chi connectivity index (χ3v) is 8.92. The highest BCUT2D eigenvalue weighted by Gasteiger charge is 2.37. The topological polar surface area (TPSA) is 55.2 Å². The van der Waals surface area contributed by atoms with E-state index in [0.29, 0.717) is 6.61 Å². The van der Waals surface area contributed by atoms with Crippen molar-refractivity contribution in [2.45, 2.75) is 66.0 Å².